The van der Waals surface area contributed by atoms with E-state index < -0.39 is 10.0 Å². The van der Waals surface area contributed by atoms with Crippen LogP contribution in [-0.4, -0.2) is 91.9 Å². The maximum Gasteiger partial charge on any atom is 0.222 e. The summed E-state index contributed by atoms with van der Waals surface area (Å²) in [4.78, 5) is 20.3. The first-order valence-corrected chi connectivity index (χ1v) is 11.8. The molecule has 0 saturated carbocycles. The van der Waals surface area contributed by atoms with E-state index >= 15 is 0 Å². The maximum atomic E-state index is 12.6. The Balaban J connectivity index is 1.49. The number of piperazine rings is 1. The number of aliphatic imine (C=N–C) groups is 1. The summed E-state index contributed by atoms with van der Waals surface area (Å²) in [5.74, 6) is 0.894. The third kappa shape index (κ3) is 5.92. The number of hydrogen-bond donors (Lipinski definition) is 1. The highest BCUT2D eigenvalue weighted by Crippen LogP contribution is 2.13. The Morgan fingerprint density at radius 3 is 2.69 bits per heavy atom. The van der Waals surface area contributed by atoms with Gasteiger partial charge in [-0.3, -0.25) is 9.79 Å². The predicted molar refractivity (Wildman–Crippen MR) is 109 cm³/mol. The number of likely N-dealkylation sites (tertiary alicyclic amines) is 1. The summed E-state index contributed by atoms with van der Waals surface area (Å²) in [6, 6.07) is 1.57. The summed E-state index contributed by atoms with van der Waals surface area (Å²) in [7, 11) is -3.42. The SMILES string of the molecule is CCNC(=NCCCN1CCCC1=O)N1CCN(S(=O)(=O)Cc2ccon2)CC1. The molecule has 0 unspecified atom stereocenters. The van der Waals surface area contributed by atoms with Crippen molar-refractivity contribution in [2.75, 3.05) is 52.4 Å². The summed E-state index contributed by atoms with van der Waals surface area (Å²) in [5, 5.41) is 6.98. The molecule has 3 heterocycles. The molecule has 0 bridgehead atoms. The number of amides is 1. The Bertz CT molecular complexity index is 787. The van der Waals surface area contributed by atoms with Crippen LogP contribution in [0.3, 0.4) is 0 Å². The predicted octanol–water partition coefficient (Wildman–Crippen LogP) is 0.100. The molecule has 2 aliphatic rings. The fourth-order valence-electron chi connectivity index (χ4n) is 3.58. The van der Waals surface area contributed by atoms with E-state index in [1.807, 2.05) is 11.8 Å². The van der Waals surface area contributed by atoms with Gasteiger partial charge in [-0.05, 0) is 19.8 Å². The Kier molecular flexibility index (Phi) is 7.48. The normalized spacial score (nSPS) is 19.2. The molecular weight excluding hydrogens is 396 g/mol. The highest BCUT2D eigenvalue weighted by Gasteiger charge is 2.29. The van der Waals surface area contributed by atoms with Crippen LogP contribution in [-0.2, 0) is 20.6 Å². The fourth-order valence-corrected chi connectivity index (χ4v) is 5.01. The first-order valence-electron chi connectivity index (χ1n) is 10.2. The molecule has 1 N–H and O–H groups in total. The Hall–Kier alpha value is -2.14. The second-order valence-corrected chi connectivity index (χ2v) is 9.18. The van der Waals surface area contributed by atoms with Gasteiger partial charge in [-0.1, -0.05) is 5.16 Å². The quantitative estimate of drug-likeness (QED) is 0.356. The number of nitrogens with one attached hydrogen (secondary N) is 1. The summed E-state index contributed by atoms with van der Waals surface area (Å²) in [6.45, 7) is 6.97. The van der Waals surface area contributed by atoms with Crippen molar-refractivity contribution in [2.24, 2.45) is 4.99 Å². The zero-order chi connectivity index (χ0) is 20.7. The van der Waals surface area contributed by atoms with Crippen molar-refractivity contribution in [2.45, 2.75) is 31.9 Å². The Morgan fingerprint density at radius 2 is 2.07 bits per heavy atom. The standard InChI is InChI=1S/C18H30N6O4S/c1-2-19-18(20-7-4-9-22-8-3-5-17(22)25)23-10-12-24(13-11-23)29(26,27)15-16-6-14-28-21-16/h6,14H,2-5,7-13,15H2,1H3,(H,19,20). The number of hydrogen-bond acceptors (Lipinski definition) is 6. The lowest BCUT2D eigenvalue weighted by atomic mass is 10.3. The monoisotopic (exact) mass is 426 g/mol. The van der Waals surface area contributed by atoms with Gasteiger partial charge in [0.2, 0.25) is 15.9 Å². The van der Waals surface area contributed by atoms with Crippen LogP contribution in [0, 0.1) is 0 Å². The Labute approximate surface area is 172 Å². The first-order chi connectivity index (χ1) is 14.0. The Morgan fingerprint density at radius 1 is 1.28 bits per heavy atom. The van der Waals surface area contributed by atoms with Crippen LogP contribution < -0.4 is 5.32 Å². The molecule has 3 rings (SSSR count). The minimum Gasteiger partial charge on any atom is -0.364 e. The van der Waals surface area contributed by atoms with E-state index in [0.717, 1.165) is 38.4 Å². The molecule has 1 aromatic rings. The van der Waals surface area contributed by atoms with E-state index in [-0.39, 0.29) is 11.7 Å². The molecule has 0 aromatic carbocycles. The summed E-state index contributed by atoms with van der Waals surface area (Å²) in [6.07, 6.45) is 3.82. The van der Waals surface area contributed by atoms with Crippen molar-refractivity contribution in [1.29, 1.82) is 0 Å². The lowest BCUT2D eigenvalue weighted by molar-refractivity contribution is -0.127. The van der Waals surface area contributed by atoms with Crippen molar-refractivity contribution < 1.29 is 17.7 Å². The van der Waals surface area contributed by atoms with Crippen molar-refractivity contribution in [3.63, 3.8) is 0 Å². The first kappa shape index (κ1) is 21.6. The largest absolute Gasteiger partial charge is 0.364 e. The van der Waals surface area contributed by atoms with Crippen LogP contribution in [0.2, 0.25) is 0 Å². The molecule has 2 aliphatic heterocycles. The highest BCUT2D eigenvalue weighted by molar-refractivity contribution is 7.88. The van der Waals surface area contributed by atoms with Gasteiger partial charge in [-0.25, -0.2) is 8.42 Å². The van der Waals surface area contributed by atoms with Crippen LogP contribution in [0.5, 0.6) is 0 Å². The van der Waals surface area contributed by atoms with Crippen molar-refractivity contribution in [3.8, 4) is 0 Å². The molecule has 162 valence electrons. The van der Waals surface area contributed by atoms with Gasteiger partial charge in [0.15, 0.2) is 5.96 Å². The van der Waals surface area contributed by atoms with Gasteiger partial charge < -0.3 is 19.6 Å². The lowest BCUT2D eigenvalue weighted by Gasteiger charge is -2.35. The molecule has 0 atom stereocenters. The maximum absolute atomic E-state index is 12.6. The number of guanidine groups is 1. The van der Waals surface area contributed by atoms with E-state index in [1.165, 1.54) is 10.6 Å². The van der Waals surface area contributed by atoms with E-state index in [2.05, 4.69) is 20.4 Å². The zero-order valence-corrected chi connectivity index (χ0v) is 17.7. The van der Waals surface area contributed by atoms with Gasteiger partial charge in [0.05, 0.1) is 5.69 Å². The van der Waals surface area contributed by atoms with Gasteiger partial charge in [-0.15, -0.1) is 0 Å². The third-order valence-electron chi connectivity index (χ3n) is 5.11. The molecular formula is C18H30N6O4S. The number of aromatic nitrogens is 1. The average molecular weight is 427 g/mol. The third-order valence-corrected chi connectivity index (χ3v) is 6.92. The average Bonchev–Trinajstić information content (AvgIpc) is 3.36. The number of rotatable bonds is 8. The molecule has 2 saturated heterocycles. The number of nitrogens with zero attached hydrogens (tertiary/aromatic N) is 5. The van der Waals surface area contributed by atoms with E-state index in [1.54, 1.807) is 6.07 Å². The summed E-state index contributed by atoms with van der Waals surface area (Å²) < 4.78 is 31.4. The van der Waals surface area contributed by atoms with Crippen LogP contribution in [0.15, 0.2) is 21.8 Å². The molecule has 29 heavy (non-hydrogen) atoms. The second kappa shape index (κ2) is 10.1. The minimum absolute atomic E-state index is 0.146. The highest BCUT2D eigenvalue weighted by atomic mass is 32.2. The molecule has 0 radical (unpaired) electrons. The number of sulfonamides is 1. The molecule has 1 amide bonds. The van der Waals surface area contributed by atoms with E-state index in [4.69, 9.17) is 4.52 Å². The molecule has 11 heteroatoms. The minimum atomic E-state index is -3.42. The molecule has 2 fully saturated rings. The number of carbonyl (C=O) groups excluding carboxylic acids is 1. The van der Waals surface area contributed by atoms with E-state index in [0.29, 0.717) is 44.8 Å². The number of carbonyl (C=O) groups is 1. The summed E-state index contributed by atoms with van der Waals surface area (Å²) in [5.41, 5.74) is 0.416. The molecule has 1 aromatic heterocycles. The van der Waals surface area contributed by atoms with Gasteiger partial charge >= 0.3 is 0 Å². The van der Waals surface area contributed by atoms with Crippen molar-refractivity contribution in [1.82, 2.24) is 24.6 Å². The summed E-state index contributed by atoms with van der Waals surface area (Å²) >= 11 is 0. The molecule has 10 nitrogen and oxygen atoms in total. The molecule has 0 spiro atoms. The fraction of sp³-hybridized carbons (Fsp3) is 0.722. The van der Waals surface area contributed by atoms with Crippen LogP contribution in [0.1, 0.15) is 31.9 Å². The van der Waals surface area contributed by atoms with Gasteiger partial charge in [0.1, 0.15) is 12.0 Å². The van der Waals surface area contributed by atoms with Gasteiger partial charge in [0.25, 0.3) is 0 Å². The zero-order valence-electron chi connectivity index (χ0n) is 16.9. The second-order valence-electron chi connectivity index (χ2n) is 7.21. The van der Waals surface area contributed by atoms with Crippen LogP contribution >= 0.6 is 0 Å². The molecule has 0 aliphatic carbocycles. The van der Waals surface area contributed by atoms with Crippen molar-refractivity contribution >= 4 is 21.9 Å². The topological polar surface area (TPSA) is 111 Å². The van der Waals surface area contributed by atoms with Crippen molar-refractivity contribution in [3.05, 3.63) is 18.0 Å². The van der Waals surface area contributed by atoms with Crippen LogP contribution in [0.4, 0.5) is 0 Å². The van der Waals surface area contributed by atoms with Gasteiger partial charge in [-0.2, -0.15) is 4.31 Å². The van der Waals surface area contributed by atoms with Crippen LogP contribution in [0.25, 0.3) is 0 Å². The van der Waals surface area contributed by atoms with E-state index in [9.17, 15) is 13.2 Å². The van der Waals surface area contributed by atoms with Gasteiger partial charge in [0, 0.05) is 64.8 Å². The lowest BCUT2D eigenvalue weighted by Crippen LogP contribution is -2.54. The smallest absolute Gasteiger partial charge is 0.222 e.